The van der Waals surface area contributed by atoms with Gasteiger partial charge in [0.2, 0.25) is 0 Å². The molecule has 4 nitrogen and oxygen atoms in total. The van der Waals surface area contributed by atoms with Gasteiger partial charge in [-0.3, -0.25) is 0 Å². The summed E-state index contributed by atoms with van der Waals surface area (Å²) in [4.78, 5) is 10.4. The number of benzene rings is 8. The van der Waals surface area contributed by atoms with Crippen LogP contribution < -0.4 is 5.32 Å². The molecular weight excluding hydrogens is 647 g/mol. The molecule has 1 aliphatic heterocycles. The van der Waals surface area contributed by atoms with Gasteiger partial charge in [0.1, 0.15) is 22.8 Å². The molecule has 53 heavy (non-hydrogen) atoms. The Morgan fingerprint density at radius 3 is 1.72 bits per heavy atom. The first kappa shape index (κ1) is 30.8. The number of nitrogens with zero attached hydrogens (tertiary/aromatic N) is 2. The van der Waals surface area contributed by atoms with Crippen LogP contribution in [0.3, 0.4) is 0 Å². The monoisotopic (exact) mass is 679 g/mol. The molecule has 1 aromatic heterocycles. The Kier molecular flexibility index (Phi) is 7.51. The molecule has 0 fully saturated rings. The second kappa shape index (κ2) is 12.9. The van der Waals surface area contributed by atoms with Gasteiger partial charge in [0.15, 0.2) is 6.17 Å². The normalized spacial score (nSPS) is 14.2. The van der Waals surface area contributed by atoms with Crippen LogP contribution >= 0.6 is 0 Å². The summed E-state index contributed by atoms with van der Waals surface area (Å²) in [5.41, 5.74) is 11.7. The van der Waals surface area contributed by atoms with Crippen molar-refractivity contribution in [1.29, 1.82) is 0 Å². The van der Waals surface area contributed by atoms with Crippen LogP contribution in [0.4, 0.5) is 0 Å². The van der Waals surface area contributed by atoms with Crippen molar-refractivity contribution >= 4 is 44.4 Å². The average Bonchev–Trinajstić information content (AvgIpc) is 3.64. The Morgan fingerprint density at radius 2 is 0.981 bits per heavy atom. The molecule has 10 rings (SSSR count). The molecule has 1 atom stereocenters. The van der Waals surface area contributed by atoms with Crippen LogP contribution in [-0.2, 0) is 0 Å². The van der Waals surface area contributed by atoms with Crippen molar-refractivity contribution in [2.45, 2.75) is 6.17 Å². The van der Waals surface area contributed by atoms with E-state index in [0.29, 0.717) is 0 Å². The van der Waals surface area contributed by atoms with Crippen molar-refractivity contribution in [3.05, 3.63) is 205 Å². The van der Waals surface area contributed by atoms with Crippen LogP contribution in [0.25, 0.3) is 66.1 Å². The van der Waals surface area contributed by atoms with Crippen LogP contribution in [0.1, 0.15) is 22.9 Å². The molecule has 1 unspecified atom stereocenters. The number of nitrogens with one attached hydrogen (secondary N) is 1. The second-order valence-corrected chi connectivity index (χ2v) is 13.4. The van der Waals surface area contributed by atoms with Gasteiger partial charge in [-0.2, -0.15) is 0 Å². The minimum Gasteiger partial charge on any atom is -0.455 e. The lowest BCUT2D eigenvalue weighted by atomic mass is 9.91. The van der Waals surface area contributed by atoms with Crippen molar-refractivity contribution in [3.8, 4) is 33.4 Å². The number of hydrogen-bond donors (Lipinski definition) is 1. The third kappa shape index (κ3) is 5.58. The Labute approximate surface area is 307 Å². The molecule has 1 N–H and O–H groups in total. The fourth-order valence-corrected chi connectivity index (χ4v) is 7.55. The number of rotatable bonds is 6. The van der Waals surface area contributed by atoms with Crippen LogP contribution in [0.2, 0.25) is 0 Å². The zero-order valence-electron chi connectivity index (χ0n) is 28.8. The minimum atomic E-state index is -0.447. The van der Waals surface area contributed by atoms with E-state index >= 15 is 0 Å². The Hall–Kier alpha value is -7.04. The van der Waals surface area contributed by atoms with E-state index in [1.54, 1.807) is 0 Å². The Bertz CT molecular complexity index is 2840. The fraction of sp³-hybridized carbons (Fsp3) is 0.0204. The maximum atomic E-state index is 6.75. The van der Waals surface area contributed by atoms with Crippen molar-refractivity contribution in [2.75, 3.05) is 0 Å². The largest absolute Gasteiger partial charge is 0.455 e. The highest BCUT2D eigenvalue weighted by atomic mass is 16.3. The summed E-state index contributed by atoms with van der Waals surface area (Å²) in [5, 5.41) is 8.01. The van der Waals surface area contributed by atoms with E-state index in [-0.39, 0.29) is 0 Å². The number of aliphatic imine (C=N–C) groups is 2. The zero-order valence-corrected chi connectivity index (χ0v) is 28.8. The van der Waals surface area contributed by atoms with Gasteiger partial charge in [-0.05, 0) is 62.5 Å². The van der Waals surface area contributed by atoms with E-state index < -0.39 is 6.17 Å². The molecule has 0 aliphatic carbocycles. The smallest absolute Gasteiger partial charge is 0.169 e. The van der Waals surface area contributed by atoms with Crippen LogP contribution in [0, 0.1) is 0 Å². The SMILES string of the molecule is c1ccc(C2=NC(c3cccc(-c4cc5cccc(-c6ccccc6)c5c5oc6ccccc6c45)c3)N=C(c3ccc(-c4ccccc4)cc3)N2)cc1. The highest BCUT2D eigenvalue weighted by molar-refractivity contribution is 6.24. The molecule has 9 aromatic rings. The van der Waals surface area contributed by atoms with E-state index in [1.807, 2.05) is 30.3 Å². The highest BCUT2D eigenvalue weighted by Gasteiger charge is 2.23. The topological polar surface area (TPSA) is 49.9 Å². The summed E-state index contributed by atoms with van der Waals surface area (Å²) in [6.45, 7) is 0. The fourth-order valence-electron chi connectivity index (χ4n) is 7.55. The van der Waals surface area contributed by atoms with Gasteiger partial charge in [-0.15, -0.1) is 0 Å². The number of para-hydroxylation sites is 1. The van der Waals surface area contributed by atoms with Gasteiger partial charge in [0, 0.05) is 27.3 Å². The molecule has 4 heteroatoms. The number of hydrogen-bond acceptors (Lipinski definition) is 4. The van der Waals surface area contributed by atoms with E-state index in [9.17, 15) is 0 Å². The Morgan fingerprint density at radius 1 is 0.415 bits per heavy atom. The lowest BCUT2D eigenvalue weighted by molar-refractivity contribution is 0.673. The van der Waals surface area contributed by atoms with Crippen molar-refractivity contribution < 1.29 is 4.42 Å². The highest BCUT2D eigenvalue weighted by Crippen LogP contribution is 2.44. The van der Waals surface area contributed by atoms with Gasteiger partial charge < -0.3 is 9.73 Å². The lowest BCUT2D eigenvalue weighted by Gasteiger charge is -2.23. The summed E-state index contributed by atoms with van der Waals surface area (Å²) >= 11 is 0. The van der Waals surface area contributed by atoms with Crippen molar-refractivity contribution in [2.24, 2.45) is 9.98 Å². The molecule has 250 valence electrons. The molecule has 0 saturated carbocycles. The van der Waals surface area contributed by atoms with Gasteiger partial charge >= 0.3 is 0 Å². The lowest BCUT2D eigenvalue weighted by Crippen LogP contribution is -2.36. The van der Waals surface area contributed by atoms with Gasteiger partial charge in [0.25, 0.3) is 0 Å². The van der Waals surface area contributed by atoms with E-state index in [2.05, 4.69) is 163 Å². The predicted molar refractivity (Wildman–Crippen MR) is 219 cm³/mol. The quantitative estimate of drug-likeness (QED) is 0.190. The maximum Gasteiger partial charge on any atom is 0.169 e. The van der Waals surface area contributed by atoms with Gasteiger partial charge in [-0.1, -0.05) is 170 Å². The Balaban J connectivity index is 1.12. The molecule has 0 saturated heterocycles. The molecule has 0 bridgehead atoms. The molecule has 2 heterocycles. The summed E-state index contributed by atoms with van der Waals surface area (Å²) in [6, 6.07) is 65.7. The van der Waals surface area contributed by atoms with Crippen LogP contribution in [0.15, 0.2) is 202 Å². The van der Waals surface area contributed by atoms with Crippen molar-refractivity contribution in [3.63, 3.8) is 0 Å². The summed E-state index contributed by atoms with van der Waals surface area (Å²) in [5.74, 6) is 1.58. The number of fused-ring (bicyclic) bond motifs is 5. The zero-order chi connectivity index (χ0) is 35.1. The number of furan rings is 1. The van der Waals surface area contributed by atoms with Crippen molar-refractivity contribution in [1.82, 2.24) is 5.32 Å². The first-order valence-corrected chi connectivity index (χ1v) is 17.9. The summed E-state index contributed by atoms with van der Waals surface area (Å²) < 4.78 is 6.75. The molecule has 0 radical (unpaired) electrons. The predicted octanol–water partition coefficient (Wildman–Crippen LogP) is 12.2. The van der Waals surface area contributed by atoms with Crippen LogP contribution in [0.5, 0.6) is 0 Å². The van der Waals surface area contributed by atoms with Gasteiger partial charge in [-0.25, -0.2) is 9.98 Å². The third-order valence-corrected chi connectivity index (χ3v) is 10.1. The number of amidine groups is 2. The first-order chi connectivity index (χ1) is 26.3. The molecule has 8 aromatic carbocycles. The van der Waals surface area contributed by atoms with E-state index in [0.717, 1.165) is 88.9 Å². The summed E-state index contributed by atoms with van der Waals surface area (Å²) in [7, 11) is 0. The second-order valence-electron chi connectivity index (χ2n) is 13.4. The molecule has 1 aliphatic rings. The standard InChI is InChI=1S/C49H33N3O/c1-4-14-32(15-5-1)33-26-28-36(29-27-33)48-50-47(35-18-8-3-9-19-35)51-49(52-48)39-22-12-20-37(30-39)42-31-38-21-13-24-40(34-16-6-2-7-17-34)44(38)46-45(42)41-23-10-11-25-43(41)53-46/h1-31,49H,(H,50,51,52). The van der Waals surface area contributed by atoms with E-state index in [1.165, 1.54) is 5.56 Å². The third-order valence-electron chi connectivity index (χ3n) is 10.1. The van der Waals surface area contributed by atoms with Crippen LogP contribution in [-0.4, -0.2) is 11.7 Å². The summed E-state index contributed by atoms with van der Waals surface area (Å²) in [6.07, 6.45) is -0.447. The minimum absolute atomic E-state index is 0.447. The first-order valence-electron chi connectivity index (χ1n) is 17.9. The maximum absolute atomic E-state index is 6.75. The molecule has 0 spiro atoms. The molecular formula is C49H33N3O. The average molecular weight is 680 g/mol. The van der Waals surface area contributed by atoms with Gasteiger partial charge in [0.05, 0.1) is 0 Å². The van der Waals surface area contributed by atoms with E-state index in [4.69, 9.17) is 14.4 Å². The molecule has 0 amide bonds.